The van der Waals surface area contributed by atoms with Crippen molar-refractivity contribution in [2.75, 3.05) is 0 Å². The van der Waals surface area contributed by atoms with Crippen molar-refractivity contribution in [2.24, 2.45) is 5.73 Å². The molecule has 0 aliphatic heterocycles. The van der Waals surface area contributed by atoms with Gasteiger partial charge in [0, 0.05) is 11.1 Å². The zero-order chi connectivity index (χ0) is 15.2. The van der Waals surface area contributed by atoms with Crippen LogP contribution in [-0.2, 0) is 17.8 Å². The van der Waals surface area contributed by atoms with Crippen molar-refractivity contribution in [1.82, 2.24) is 0 Å². The standard InChI is InChI=1S/C17H17NO3/c1-12(19)14-7-8-16(15(9-14)10-17(18)20)21-11-13-5-3-2-4-6-13/h2-9H,10-11H2,1H3,(H2,18,20). The number of carbonyl (C=O) groups is 2. The molecule has 0 fully saturated rings. The number of hydrogen-bond donors (Lipinski definition) is 1. The van der Waals surface area contributed by atoms with Crippen molar-refractivity contribution in [2.45, 2.75) is 20.0 Å². The van der Waals surface area contributed by atoms with E-state index in [1.165, 1.54) is 6.92 Å². The predicted molar refractivity (Wildman–Crippen MR) is 80.1 cm³/mol. The van der Waals surface area contributed by atoms with Gasteiger partial charge >= 0.3 is 0 Å². The van der Waals surface area contributed by atoms with Gasteiger partial charge in [-0.1, -0.05) is 30.3 Å². The van der Waals surface area contributed by atoms with Gasteiger partial charge in [0.1, 0.15) is 12.4 Å². The van der Waals surface area contributed by atoms with Crippen molar-refractivity contribution >= 4 is 11.7 Å². The van der Waals surface area contributed by atoms with Crippen LogP contribution in [-0.4, -0.2) is 11.7 Å². The summed E-state index contributed by atoms with van der Waals surface area (Å²) < 4.78 is 5.74. The average molecular weight is 283 g/mol. The van der Waals surface area contributed by atoms with Crippen molar-refractivity contribution in [3.05, 3.63) is 65.2 Å². The Morgan fingerprint density at radius 1 is 1.10 bits per heavy atom. The minimum absolute atomic E-state index is 0.0469. The fourth-order valence-electron chi connectivity index (χ4n) is 2.00. The Morgan fingerprint density at radius 3 is 2.43 bits per heavy atom. The molecule has 2 N–H and O–H groups in total. The number of primary amides is 1. The molecule has 21 heavy (non-hydrogen) atoms. The number of benzene rings is 2. The highest BCUT2D eigenvalue weighted by atomic mass is 16.5. The molecule has 0 aliphatic rings. The van der Waals surface area contributed by atoms with Crippen LogP contribution in [0.15, 0.2) is 48.5 Å². The molecule has 0 aromatic heterocycles. The van der Waals surface area contributed by atoms with Gasteiger partial charge in [0.25, 0.3) is 0 Å². The summed E-state index contributed by atoms with van der Waals surface area (Å²) in [6.07, 6.45) is 0.0469. The summed E-state index contributed by atoms with van der Waals surface area (Å²) in [4.78, 5) is 22.6. The maximum absolute atomic E-state index is 11.4. The maximum Gasteiger partial charge on any atom is 0.221 e. The highest BCUT2D eigenvalue weighted by Crippen LogP contribution is 2.22. The lowest BCUT2D eigenvalue weighted by molar-refractivity contribution is -0.117. The van der Waals surface area contributed by atoms with Gasteiger partial charge < -0.3 is 10.5 Å². The topological polar surface area (TPSA) is 69.4 Å². The Labute approximate surface area is 123 Å². The first kappa shape index (κ1) is 14.8. The molecule has 0 saturated carbocycles. The van der Waals surface area contributed by atoms with Gasteiger partial charge in [-0.2, -0.15) is 0 Å². The third-order valence-corrected chi connectivity index (χ3v) is 3.07. The molecule has 0 atom stereocenters. The zero-order valence-corrected chi connectivity index (χ0v) is 11.8. The normalized spacial score (nSPS) is 10.1. The molecule has 2 aromatic rings. The molecule has 0 bridgehead atoms. The summed E-state index contributed by atoms with van der Waals surface area (Å²) in [5.41, 5.74) is 7.44. The average Bonchev–Trinajstić information content (AvgIpc) is 2.46. The number of carbonyl (C=O) groups excluding carboxylic acids is 2. The smallest absolute Gasteiger partial charge is 0.221 e. The Balaban J connectivity index is 2.21. The van der Waals surface area contributed by atoms with Gasteiger partial charge in [-0.05, 0) is 30.7 Å². The molecule has 0 unspecified atom stereocenters. The van der Waals surface area contributed by atoms with E-state index < -0.39 is 5.91 Å². The number of amides is 1. The van der Waals surface area contributed by atoms with E-state index in [1.54, 1.807) is 18.2 Å². The van der Waals surface area contributed by atoms with Crippen LogP contribution in [0.4, 0.5) is 0 Å². The lowest BCUT2D eigenvalue weighted by Crippen LogP contribution is -2.15. The molecule has 0 saturated heterocycles. The van der Waals surface area contributed by atoms with Crippen LogP contribution >= 0.6 is 0 Å². The highest BCUT2D eigenvalue weighted by Gasteiger charge is 2.10. The summed E-state index contributed by atoms with van der Waals surface area (Å²) in [7, 11) is 0. The second kappa shape index (κ2) is 6.70. The van der Waals surface area contributed by atoms with Crippen LogP contribution in [0, 0.1) is 0 Å². The first-order valence-electron chi connectivity index (χ1n) is 6.65. The van der Waals surface area contributed by atoms with Crippen LogP contribution in [0.5, 0.6) is 5.75 Å². The second-order valence-electron chi connectivity index (χ2n) is 4.80. The Bertz CT molecular complexity index is 650. The van der Waals surface area contributed by atoms with Crippen LogP contribution in [0.3, 0.4) is 0 Å². The third kappa shape index (κ3) is 4.18. The van der Waals surface area contributed by atoms with Crippen LogP contribution < -0.4 is 10.5 Å². The lowest BCUT2D eigenvalue weighted by Gasteiger charge is -2.12. The molecular weight excluding hydrogens is 266 g/mol. The molecule has 0 radical (unpaired) electrons. The summed E-state index contributed by atoms with van der Waals surface area (Å²) in [6.45, 7) is 1.87. The van der Waals surface area contributed by atoms with E-state index in [0.29, 0.717) is 23.5 Å². The monoisotopic (exact) mass is 283 g/mol. The van der Waals surface area contributed by atoms with E-state index in [0.717, 1.165) is 5.56 Å². The van der Waals surface area contributed by atoms with Crippen molar-refractivity contribution in [3.63, 3.8) is 0 Å². The molecule has 108 valence electrons. The van der Waals surface area contributed by atoms with Gasteiger partial charge in [-0.25, -0.2) is 0 Å². The van der Waals surface area contributed by atoms with E-state index in [2.05, 4.69) is 0 Å². The van der Waals surface area contributed by atoms with E-state index >= 15 is 0 Å². The predicted octanol–water partition coefficient (Wildman–Crippen LogP) is 2.50. The SMILES string of the molecule is CC(=O)c1ccc(OCc2ccccc2)c(CC(N)=O)c1. The Morgan fingerprint density at radius 2 is 1.81 bits per heavy atom. The fourth-order valence-corrected chi connectivity index (χ4v) is 2.00. The van der Waals surface area contributed by atoms with Crippen molar-refractivity contribution < 1.29 is 14.3 Å². The minimum Gasteiger partial charge on any atom is -0.489 e. The second-order valence-corrected chi connectivity index (χ2v) is 4.80. The number of hydrogen-bond acceptors (Lipinski definition) is 3. The molecule has 0 heterocycles. The van der Waals surface area contributed by atoms with Gasteiger partial charge in [0.05, 0.1) is 6.42 Å². The zero-order valence-electron chi connectivity index (χ0n) is 11.8. The largest absolute Gasteiger partial charge is 0.489 e. The molecule has 4 heteroatoms. The summed E-state index contributed by atoms with van der Waals surface area (Å²) in [5, 5.41) is 0. The van der Waals surface area contributed by atoms with E-state index in [-0.39, 0.29) is 12.2 Å². The van der Waals surface area contributed by atoms with Gasteiger partial charge in [-0.15, -0.1) is 0 Å². The van der Waals surface area contributed by atoms with Crippen molar-refractivity contribution in [1.29, 1.82) is 0 Å². The van der Waals surface area contributed by atoms with E-state index in [9.17, 15) is 9.59 Å². The number of ketones is 1. The van der Waals surface area contributed by atoms with Gasteiger partial charge in [0.2, 0.25) is 5.91 Å². The van der Waals surface area contributed by atoms with Gasteiger partial charge in [0.15, 0.2) is 5.78 Å². The fraction of sp³-hybridized carbons (Fsp3) is 0.176. The van der Waals surface area contributed by atoms with Crippen LogP contribution in [0.1, 0.15) is 28.4 Å². The number of nitrogens with two attached hydrogens (primary N) is 1. The highest BCUT2D eigenvalue weighted by molar-refractivity contribution is 5.94. The van der Waals surface area contributed by atoms with Crippen LogP contribution in [0.25, 0.3) is 0 Å². The summed E-state index contributed by atoms with van der Waals surface area (Å²) in [5.74, 6) is 0.0539. The number of rotatable bonds is 6. The van der Waals surface area contributed by atoms with Crippen LogP contribution in [0.2, 0.25) is 0 Å². The first-order valence-corrected chi connectivity index (χ1v) is 6.65. The Kier molecular flexibility index (Phi) is 4.72. The lowest BCUT2D eigenvalue weighted by atomic mass is 10.0. The molecular formula is C17H17NO3. The quantitative estimate of drug-likeness (QED) is 0.828. The third-order valence-electron chi connectivity index (χ3n) is 3.07. The molecule has 1 amide bonds. The minimum atomic E-state index is -0.458. The maximum atomic E-state index is 11.4. The van der Waals surface area contributed by atoms with Crippen molar-refractivity contribution in [3.8, 4) is 5.75 Å². The number of ether oxygens (including phenoxy) is 1. The summed E-state index contributed by atoms with van der Waals surface area (Å²) in [6, 6.07) is 14.8. The number of Topliss-reactive ketones (excluding diaryl/α,β-unsaturated/α-hetero) is 1. The van der Waals surface area contributed by atoms with E-state index in [1.807, 2.05) is 30.3 Å². The molecule has 0 spiro atoms. The van der Waals surface area contributed by atoms with Gasteiger partial charge in [-0.3, -0.25) is 9.59 Å². The summed E-state index contributed by atoms with van der Waals surface area (Å²) >= 11 is 0. The first-order chi connectivity index (χ1) is 10.1. The van der Waals surface area contributed by atoms with E-state index in [4.69, 9.17) is 10.5 Å². The molecule has 4 nitrogen and oxygen atoms in total. The molecule has 2 rings (SSSR count). The molecule has 2 aromatic carbocycles. The Hall–Kier alpha value is -2.62. The molecule has 0 aliphatic carbocycles.